The van der Waals surface area contributed by atoms with E-state index in [1.54, 1.807) is 18.2 Å². The summed E-state index contributed by atoms with van der Waals surface area (Å²) in [5.41, 5.74) is 1.50. The van der Waals surface area contributed by atoms with Gasteiger partial charge in [-0.05, 0) is 12.1 Å². The van der Waals surface area contributed by atoms with Gasteiger partial charge in [0.05, 0.1) is 5.69 Å². The molecule has 110 valence electrons. The maximum Gasteiger partial charge on any atom is 0.373 e. The van der Waals surface area contributed by atoms with Gasteiger partial charge < -0.3 is 5.32 Å². The Kier molecular flexibility index (Phi) is 5.54. The van der Waals surface area contributed by atoms with Gasteiger partial charge in [0.25, 0.3) is 0 Å². The third-order valence-corrected chi connectivity index (χ3v) is 3.55. The van der Waals surface area contributed by atoms with Crippen molar-refractivity contribution in [3.05, 3.63) is 65.8 Å². The smallest absolute Gasteiger partial charge is 0.337 e. The van der Waals surface area contributed by atoms with Gasteiger partial charge in [0.1, 0.15) is 16.6 Å². The largest absolute Gasteiger partial charge is 0.373 e. The van der Waals surface area contributed by atoms with Crippen LogP contribution in [0.3, 0.4) is 0 Å². The summed E-state index contributed by atoms with van der Waals surface area (Å²) >= 11 is 1.53. The molecule has 0 aliphatic carbocycles. The van der Waals surface area contributed by atoms with Crippen LogP contribution in [0, 0.1) is 5.82 Å². The Labute approximate surface area is 130 Å². The summed E-state index contributed by atoms with van der Waals surface area (Å²) in [6, 6.07) is 16.5. The van der Waals surface area contributed by atoms with Gasteiger partial charge in [0.15, 0.2) is 0 Å². The lowest BCUT2D eigenvalue weighted by Gasteiger charge is -2.03. The molecule has 1 N–H and O–H groups in total. The van der Waals surface area contributed by atoms with E-state index in [1.807, 2.05) is 35.7 Å². The van der Waals surface area contributed by atoms with Crippen molar-refractivity contribution in [1.29, 1.82) is 0 Å². The molecule has 22 heavy (non-hydrogen) atoms. The highest BCUT2D eigenvalue weighted by molar-refractivity contribution is 7.13. The molecule has 2 aromatic carbocycles. The van der Waals surface area contributed by atoms with Crippen LogP contribution >= 0.6 is 11.3 Å². The predicted molar refractivity (Wildman–Crippen MR) is 82.2 cm³/mol. The van der Waals surface area contributed by atoms with E-state index in [-0.39, 0.29) is 12.0 Å². The number of halogens is 1. The second kappa shape index (κ2) is 7.83. The number of nitrogens with zero attached hydrogens (tertiary/aromatic N) is 1. The molecular weight excluding hydrogens is 303 g/mol. The molecular formula is C16H11FN2O2S. The van der Waals surface area contributed by atoms with Gasteiger partial charge >= 0.3 is 6.15 Å². The second-order valence-electron chi connectivity index (χ2n) is 4.09. The summed E-state index contributed by atoms with van der Waals surface area (Å²) in [7, 11) is 0. The molecule has 0 saturated heterocycles. The van der Waals surface area contributed by atoms with Crippen LogP contribution < -0.4 is 5.32 Å². The Balaban J connectivity index is 0.000000545. The number of aromatic nitrogens is 1. The standard InChI is InChI=1S/C15H11FN2S.CO2/c16-12-8-4-5-9-13(12)17-14-10-19-15(18-14)11-6-2-1-3-7-11;2-1-3/h1-10,17H;. The van der Waals surface area contributed by atoms with Crippen LogP contribution in [0.1, 0.15) is 0 Å². The minimum absolute atomic E-state index is 0.250. The first-order chi connectivity index (χ1) is 10.7. The van der Waals surface area contributed by atoms with Gasteiger partial charge in [-0.2, -0.15) is 9.59 Å². The molecule has 0 radical (unpaired) electrons. The summed E-state index contributed by atoms with van der Waals surface area (Å²) in [4.78, 5) is 20.7. The maximum absolute atomic E-state index is 13.5. The number of thiazole rings is 1. The summed E-state index contributed by atoms with van der Waals surface area (Å²) < 4.78 is 13.5. The highest BCUT2D eigenvalue weighted by Gasteiger charge is 2.06. The predicted octanol–water partition coefficient (Wildman–Crippen LogP) is 4.11. The van der Waals surface area contributed by atoms with Crippen molar-refractivity contribution in [2.24, 2.45) is 0 Å². The number of anilines is 2. The van der Waals surface area contributed by atoms with Gasteiger partial charge in [-0.25, -0.2) is 9.37 Å². The molecule has 0 saturated carbocycles. The highest BCUT2D eigenvalue weighted by atomic mass is 32.1. The summed E-state index contributed by atoms with van der Waals surface area (Å²) in [6.07, 6.45) is 0.250. The number of para-hydroxylation sites is 1. The average Bonchev–Trinajstić information content (AvgIpc) is 3.00. The molecule has 0 atom stereocenters. The zero-order valence-corrected chi connectivity index (χ0v) is 12.1. The molecule has 0 amide bonds. The Morgan fingerprint density at radius 2 is 1.64 bits per heavy atom. The van der Waals surface area contributed by atoms with E-state index < -0.39 is 0 Å². The van der Waals surface area contributed by atoms with Crippen molar-refractivity contribution in [1.82, 2.24) is 4.98 Å². The molecule has 1 aromatic heterocycles. The first-order valence-electron chi connectivity index (χ1n) is 6.26. The van der Waals surface area contributed by atoms with E-state index in [9.17, 15) is 4.39 Å². The van der Waals surface area contributed by atoms with Gasteiger partial charge in [-0.3, -0.25) is 0 Å². The van der Waals surface area contributed by atoms with Crippen LogP contribution in [0.2, 0.25) is 0 Å². The zero-order valence-electron chi connectivity index (χ0n) is 11.3. The van der Waals surface area contributed by atoms with Crippen molar-refractivity contribution in [2.45, 2.75) is 0 Å². The fourth-order valence-electron chi connectivity index (χ4n) is 1.75. The van der Waals surface area contributed by atoms with E-state index in [0.717, 1.165) is 10.6 Å². The third-order valence-electron chi connectivity index (χ3n) is 2.66. The van der Waals surface area contributed by atoms with E-state index in [1.165, 1.54) is 17.4 Å². The van der Waals surface area contributed by atoms with Crippen LogP contribution in [-0.4, -0.2) is 11.1 Å². The van der Waals surface area contributed by atoms with Gasteiger partial charge in [0, 0.05) is 10.9 Å². The maximum atomic E-state index is 13.5. The van der Waals surface area contributed by atoms with E-state index >= 15 is 0 Å². The van der Waals surface area contributed by atoms with Crippen LogP contribution in [0.15, 0.2) is 60.0 Å². The van der Waals surface area contributed by atoms with Crippen molar-refractivity contribution in [3.63, 3.8) is 0 Å². The SMILES string of the molecule is Fc1ccccc1Nc1csc(-c2ccccc2)n1.O=C=O. The lowest BCUT2D eigenvalue weighted by molar-refractivity contribution is -0.191. The minimum atomic E-state index is -0.281. The normalized spacial score (nSPS) is 9.32. The molecule has 6 heteroatoms. The Hall–Kier alpha value is -2.82. The van der Waals surface area contributed by atoms with E-state index in [4.69, 9.17) is 9.59 Å². The number of hydrogen-bond acceptors (Lipinski definition) is 5. The van der Waals surface area contributed by atoms with Gasteiger partial charge in [0.2, 0.25) is 0 Å². The van der Waals surface area contributed by atoms with Crippen LogP contribution in [-0.2, 0) is 9.59 Å². The number of carbonyl (C=O) groups excluding carboxylic acids is 2. The van der Waals surface area contributed by atoms with Crippen LogP contribution in [0.5, 0.6) is 0 Å². The third kappa shape index (κ3) is 4.09. The molecule has 0 aliphatic rings. The van der Waals surface area contributed by atoms with Crippen LogP contribution in [0.4, 0.5) is 15.9 Å². The lowest BCUT2D eigenvalue weighted by Crippen LogP contribution is -1.93. The Morgan fingerprint density at radius 3 is 2.32 bits per heavy atom. The molecule has 0 aliphatic heterocycles. The van der Waals surface area contributed by atoms with Gasteiger partial charge in [-0.1, -0.05) is 42.5 Å². The van der Waals surface area contributed by atoms with Crippen molar-refractivity contribution >= 4 is 29.0 Å². The number of rotatable bonds is 3. The highest BCUT2D eigenvalue weighted by Crippen LogP contribution is 2.27. The quantitative estimate of drug-likeness (QED) is 0.790. The molecule has 1 heterocycles. The number of hydrogen-bond donors (Lipinski definition) is 1. The molecule has 3 aromatic rings. The van der Waals surface area contributed by atoms with E-state index in [0.29, 0.717) is 11.5 Å². The second-order valence-corrected chi connectivity index (χ2v) is 4.95. The lowest BCUT2D eigenvalue weighted by atomic mass is 10.2. The molecule has 4 nitrogen and oxygen atoms in total. The fraction of sp³-hybridized carbons (Fsp3) is 0. The van der Waals surface area contributed by atoms with Crippen LogP contribution in [0.25, 0.3) is 10.6 Å². The van der Waals surface area contributed by atoms with Crippen molar-refractivity contribution in [3.8, 4) is 10.6 Å². The molecule has 0 spiro atoms. The van der Waals surface area contributed by atoms with Gasteiger partial charge in [-0.15, -0.1) is 11.3 Å². The summed E-state index contributed by atoms with van der Waals surface area (Å²) in [6.45, 7) is 0. The van der Waals surface area contributed by atoms with Crippen molar-refractivity contribution < 1.29 is 14.0 Å². The Bertz CT molecular complexity index is 769. The first-order valence-corrected chi connectivity index (χ1v) is 7.14. The fourth-order valence-corrected chi connectivity index (χ4v) is 2.50. The zero-order chi connectivity index (χ0) is 15.8. The number of benzene rings is 2. The molecule has 0 unspecified atom stereocenters. The van der Waals surface area contributed by atoms with E-state index in [2.05, 4.69) is 10.3 Å². The molecule has 0 bridgehead atoms. The molecule has 0 fully saturated rings. The average molecular weight is 314 g/mol. The Morgan fingerprint density at radius 1 is 1.00 bits per heavy atom. The monoisotopic (exact) mass is 314 g/mol. The minimum Gasteiger partial charge on any atom is -0.337 e. The van der Waals surface area contributed by atoms with Crippen molar-refractivity contribution in [2.75, 3.05) is 5.32 Å². The topological polar surface area (TPSA) is 59.1 Å². The summed E-state index contributed by atoms with van der Waals surface area (Å²) in [5, 5.41) is 5.79. The number of nitrogens with one attached hydrogen (secondary N) is 1. The summed E-state index contributed by atoms with van der Waals surface area (Å²) in [5.74, 6) is 0.380. The molecule has 3 rings (SSSR count). The first kappa shape index (κ1) is 15.6.